The molecule has 0 aliphatic carbocycles. The van der Waals surface area contributed by atoms with Crippen molar-refractivity contribution in [2.24, 2.45) is 4.99 Å². The largest absolute Gasteiger partial charge is 0.377 e. The van der Waals surface area contributed by atoms with Gasteiger partial charge in [-0.1, -0.05) is 19.1 Å². The van der Waals surface area contributed by atoms with Crippen LogP contribution in [0.1, 0.15) is 57.0 Å². The molecule has 0 saturated carbocycles. The van der Waals surface area contributed by atoms with Crippen LogP contribution < -0.4 is 16.0 Å². The highest BCUT2D eigenvalue weighted by Gasteiger charge is 2.16. The molecule has 3 N–H and O–H groups in total. The van der Waals surface area contributed by atoms with Crippen molar-refractivity contribution in [3.63, 3.8) is 0 Å². The lowest BCUT2D eigenvalue weighted by atomic mass is 10.1. The Balaban J connectivity index is 0.00000676. The maximum absolute atomic E-state index is 12.3. The number of amides is 1. The molecule has 0 aliphatic rings. The van der Waals surface area contributed by atoms with E-state index in [-0.39, 0.29) is 41.5 Å². The van der Waals surface area contributed by atoms with Crippen molar-refractivity contribution in [2.45, 2.75) is 59.2 Å². The first-order valence-corrected chi connectivity index (χ1v) is 9.28. The number of hydrogen-bond acceptors (Lipinski definition) is 3. The molecule has 1 amide bonds. The third-order valence-corrected chi connectivity index (χ3v) is 4.18. The van der Waals surface area contributed by atoms with Gasteiger partial charge in [0.1, 0.15) is 0 Å². The van der Waals surface area contributed by atoms with E-state index in [2.05, 4.69) is 27.9 Å². The van der Waals surface area contributed by atoms with E-state index in [1.165, 1.54) is 0 Å². The van der Waals surface area contributed by atoms with E-state index < -0.39 is 0 Å². The summed E-state index contributed by atoms with van der Waals surface area (Å²) in [6.45, 7) is 12.0. The highest BCUT2D eigenvalue weighted by atomic mass is 127. The number of guanidine groups is 1. The molecule has 0 heterocycles. The van der Waals surface area contributed by atoms with Crippen molar-refractivity contribution < 1.29 is 9.53 Å². The van der Waals surface area contributed by atoms with Crippen LogP contribution in [0.5, 0.6) is 0 Å². The normalized spacial score (nSPS) is 12.7. The van der Waals surface area contributed by atoms with Crippen molar-refractivity contribution in [1.29, 1.82) is 0 Å². The van der Waals surface area contributed by atoms with E-state index in [0.29, 0.717) is 18.7 Å². The van der Waals surface area contributed by atoms with Gasteiger partial charge in [0, 0.05) is 31.8 Å². The van der Waals surface area contributed by atoms with Crippen LogP contribution in [0.15, 0.2) is 29.3 Å². The van der Waals surface area contributed by atoms with Gasteiger partial charge in [-0.2, -0.15) is 0 Å². The second-order valence-electron chi connectivity index (χ2n) is 7.00. The first-order chi connectivity index (χ1) is 12.3. The molecule has 0 aliphatic heterocycles. The first kappa shape index (κ1) is 25.6. The molecular formula is C20H35IN4O2. The standard InChI is InChI=1S/C20H34N4O2.HI/c1-7-15(3)24-18(25)17-11-9-10-16(12-17)13-22-19(21-8-2)23-14-20(4,5)26-6;/h9-12,15H,7-8,13-14H2,1-6H3,(H,24,25)(H2,21,22,23);1H. The summed E-state index contributed by atoms with van der Waals surface area (Å²) in [5, 5.41) is 9.50. The zero-order valence-corrected chi connectivity index (χ0v) is 19.7. The van der Waals surface area contributed by atoms with Gasteiger partial charge in [0.25, 0.3) is 5.91 Å². The Kier molecular flexibility index (Phi) is 12.3. The van der Waals surface area contributed by atoms with E-state index in [4.69, 9.17) is 4.74 Å². The van der Waals surface area contributed by atoms with Crippen molar-refractivity contribution in [3.8, 4) is 0 Å². The van der Waals surface area contributed by atoms with Crippen LogP contribution in [0.25, 0.3) is 0 Å². The average molecular weight is 490 g/mol. The van der Waals surface area contributed by atoms with Gasteiger partial charge >= 0.3 is 0 Å². The summed E-state index contributed by atoms with van der Waals surface area (Å²) >= 11 is 0. The zero-order chi connectivity index (χ0) is 19.6. The third kappa shape index (κ3) is 9.95. The third-order valence-electron chi connectivity index (χ3n) is 4.18. The van der Waals surface area contributed by atoms with Gasteiger partial charge in [0.15, 0.2) is 5.96 Å². The second kappa shape index (κ2) is 12.9. The molecule has 0 bridgehead atoms. The molecule has 1 aromatic rings. The maximum Gasteiger partial charge on any atom is 0.251 e. The average Bonchev–Trinajstić information content (AvgIpc) is 2.64. The molecule has 154 valence electrons. The smallest absolute Gasteiger partial charge is 0.251 e. The molecule has 1 aromatic carbocycles. The van der Waals surface area contributed by atoms with Crippen LogP contribution in [0, 0.1) is 0 Å². The van der Waals surface area contributed by atoms with Gasteiger partial charge in [-0.25, -0.2) is 4.99 Å². The van der Waals surface area contributed by atoms with Crippen LogP contribution in [0.3, 0.4) is 0 Å². The number of carbonyl (C=O) groups excluding carboxylic acids is 1. The fourth-order valence-electron chi connectivity index (χ4n) is 2.10. The molecule has 1 rings (SSSR count). The Bertz CT molecular complexity index is 605. The van der Waals surface area contributed by atoms with E-state index in [1.54, 1.807) is 7.11 Å². The summed E-state index contributed by atoms with van der Waals surface area (Å²) in [7, 11) is 1.70. The molecule has 7 heteroatoms. The van der Waals surface area contributed by atoms with Gasteiger partial charge in [-0.3, -0.25) is 4.79 Å². The van der Waals surface area contributed by atoms with E-state index >= 15 is 0 Å². The number of rotatable bonds is 9. The van der Waals surface area contributed by atoms with Gasteiger partial charge < -0.3 is 20.7 Å². The van der Waals surface area contributed by atoms with Crippen molar-refractivity contribution >= 4 is 35.8 Å². The SMILES string of the molecule is CCNC(=NCc1cccc(C(=O)NC(C)CC)c1)NCC(C)(C)OC.I. The van der Waals surface area contributed by atoms with Crippen LogP contribution in [0.2, 0.25) is 0 Å². The van der Waals surface area contributed by atoms with Gasteiger partial charge in [0.05, 0.1) is 12.1 Å². The monoisotopic (exact) mass is 490 g/mol. The molecule has 0 saturated heterocycles. The summed E-state index contributed by atoms with van der Waals surface area (Å²) in [6.07, 6.45) is 0.908. The number of aliphatic imine (C=N–C) groups is 1. The van der Waals surface area contributed by atoms with E-state index in [1.807, 2.05) is 52.0 Å². The lowest BCUT2D eigenvalue weighted by molar-refractivity contribution is 0.0268. The highest BCUT2D eigenvalue weighted by Crippen LogP contribution is 2.08. The predicted octanol–water partition coefficient (Wildman–Crippen LogP) is 3.31. The summed E-state index contributed by atoms with van der Waals surface area (Å²) in [5.41, 5.74) is 1.38. The van der Waals surface area contributed by atoms with E-state index in [0.717, 1.165) is 24.5 Å². The Labute approximate surface area is 181 Å². The number of hydrogen-bond donors (Lipinski definition) is 3. The Morgan fingerprint density at radius 2 is 1.96 bits per heavy atom. The van der Waals surface area contributed by atoms with Gasteiger partial charge in [0.2, 0.25) is 0 Å². The molecular weight excluding hydrogens is 455 g/mol. The Hall–Kier alpha value is -1.35. The van der Waals surface area contributed by atoms with Crippen LogP contribution in [0.4, 0.5) is 0 Å². The second-order valence-corrected chi connectivity index (χ2v) is 7.00. The lowest BCUT2D eigenvalue weighted by Crippen LogP contribution is -2.45. The quantitative estimate of drug-likeness (QED) is 0.282. The van der Waals surface area contributed by atoms with Crippen LogP contribution in [-0.2, 0) is 11.3 Å². The first-order valence-electron chi connectivity index (χ1n) is 9.28. The van der Waals surface area contributed by atoms with E-state index in [9.17, 15) is 4.79 Å². The zero-order valence-electron chi connectivity index (χ0n) is 17.4. The summed E-state index contributed by atoms with van der Waals surface area (Å²) < 4.78 is 5.42. The van der Waals surface area contributed by atoms with Crippen molar-refractivity contribution in [3.05, 3.63) is 35.4 Å². The van der Waals surface area contributed by atoms with Gasteiger partial charge in [-0.15, -0.1) is 24.0 Å². The molecule has 6 nitrogen and oxygen atoms in total. The number of nitrogens with one attached hydrogen (secondary N) is 3. The molecule has 1 unspecified atom stereocenters. The summed E-state index contributed by atoms with van der Waals surface area (Å²) in [6, 6.07) is 7.76. The molecule has 27 heavy (non-hydrogen) atoms. The fourth-order valence-corrected chi connectivity index (χ4v) is 2.10. The lowest BCUT2D eigenvalue weighted by Gasteiger charge is -2.24. The molecule has 0 fully saturated rings. The molecule has 1 atom stereocenters. The maximum atomic E-state index is 12.3. The number of halogens is 1. The predicted molar refractivity (Wildman–Crippen MR) is 123 cm³/mol. The van der Waals surface area contributed by atoms with Crippen LogP contribution in [-0.4, -0.2) is 43.7 Å². The van der Waals surface area contributed by atoms with Gasteiger partial charge in [-0.05, 0) is 51.8 Å². The molecule has 0 aromatic heterocycles. The Morgan fingerprint density at radius 1 is 1.26 bits per heavy atom. The van der Waals surface area contributed by atoms with Crippen molar-refractivity contribution in [1.82, 2.24) is 16.0 Å². The van der Waals surface area contributed by atoms with Crippen LogP contribution >= 0.6 is 24.0 Å². The topological polar surface area (TPSA) is 74.8 Å². The number of ether oxygens (including phenoxy) is 1. The minimum atomic E-state index is -0.274. The number of nitrogens with zero attached hydrogens (tertiary/aromatic N) is 1. The molecule has 0 radical (unpaired) electrons. The number of carbonyl (C=O) groups is 1. The fraction of sp³-hybridized carbons (Fsp3) is 0.600. The number of methoxy groups -OCH3 is 1. The summed E-state index contributed by atoms with van der Waals surface area (Å²) in [4.78, 5) is 16.9. The Morgan fingerprint density at radius 3 is 2.56 bits per heavy atom. The van der Waals surface area contributed by atoms with Crippen molar-refractivity contribution in [2.75, 3.05) is 20.2 Å². The minimum absolute atomic E-state index is 0. The highest BCUT2D eigenvalue weighted by molar-refractivity contribution is 14.0. The minimum Gasteiger partial charge on any atom is -0.377 e. The molecule has 0 spiro atoms. The summed E-state index contributed by atoms with van der Waals surface area (Å²) in [5.74, 6) is 0.684. The number of benzene rings is 1.